The number of nitrogens with zero attached hydrogens (tertiary/aromatic N) is 3. The van der Waals surface area contributed by atoms with E-state index < -0.39 is 0 Å². The molecule has 24 heavy (non-hydrogen) atoms. The number of hydrogen-bond acceptors (Lipinski definition) is 4. The van der Waals surface area contributed by atoms with Gasteiger partial charge in [-0.2, -0.15) is 0 Å². The Balaban J connectivity index is 1.98. The minimum Gasteiger partial charge on any atom is -0.325 e. The van der Waals surface area contributed by atoms with Crippen LogP contribution in [0.25, 0.3) is 0 Å². The van der Waals surface area contributed by atoms with E-state index in [1.165, 1.54) is 17.3 Å². The third-order valence-electron chi connectivity index (χ3n) is 3.70. The summed E-state index contributed by atoms with van der Waals surface area (Å²) in [5, 5.41) is 12.3. The summed E-state index contributed by atoms with van der Waals surface area (Å²) in [6, 6.07) is 8.22. The number of aromatic nitrogens is 3. The first-order valence-electron chi connectivity index (χ1n) is 8.38. The fraction of sp³-hybridized carbons (Fsp3) is 0.500. The van der Waals surface area contributed by atoms with Crippen molar-refractivity contribution >= 4 is 23.4 Å². The summed E-state index contributed by atoms with van der Waals surface area (Å²) in [5.74, 6) is 1.55. The standard InChI is InChI=1S/C18H26N4OS/c1-6-14-7-9-15(10-8-14)19-16(23)11-24-18-21-20-17(12(2)3)22(18)13(4)5/h7-10,12-13H,6,11H2,1-5H3,(H,19,23). The highest BCUT2D eigenvalue weighted by Gasteiger charge is 2.18. The third-order valence-corrected chi connectivity index (χ3v) is 4.65. The van der Waals surface area contributed by atoms with Gasteiger partial charge in [0, 0.05) is 17.6 Å². The van der Waals surface area contributed by atoms with Gasteiger partial charge in [0.1, 0.15) is 5.82 Å². The minimum absolute atomic E-state index is 0.0337. The Labute approximate surface area is 148 Å². The van der Waals surface area contributed by atoms with E-state index in [9.17, 15) is 4.79 Å². The highest BCUT2D eigenvalue weighted by atomic mass is 32.2. The van der Waals surface area contributed by atoms with Crippen molar-refractivity contribution in [2.24, 2.45) is 0 Å². The molecule has 6 heteroatoms. The lowest BCUT2D eigenvalue weighted by Crippen LogP contribution is -2.15. The van der Waals surface area contributed by atoms with Crippen molar-refractivity contribution in [1.82, 2.24) is 14.8 Å². The van der Waals surface area contributed by atoms with Crippen molar-refractivity contribution in [2.45, 2.75) is 58.2 Å². The van der Waals surface area contributed by atoms with Crippen LogP contribution in [-0.2, 0) is 11.2 Å². The number of aryl methyl sites for hydroxylation is 1. The molecule has 130 valence electrons. The summed E-state index contributed by atoms with van der Waals surface area (Å²) in [5.41, 5.74) is 2.08. The first-order valence-corrected chi connectivity index (χ1v) is 9.37. The maximum Gasteiger partial charge on any atom is 0.234 e. The molecule has 5 nitrogen and oxygen atoms in total. The van der Waals surface area contributed by atoms with Crippen LogP contribution in [0.2, 0.25) is 0 Å². The van der Waals surface area contributed by atoms with E-state index >= 15 is 0 Å². The van der Waals surface area contributed by atoms with E-state index in [0.717, 1.165) is 23.1 Å². The number of carbonyl (C=O) groups is 1. The van der Waals surface area contributed by atoms with Gasteiger partial charge in [0.2, 0.25) is 5.91 Å². The molecule has 1 N–H and O–H groups in total. The number of amides is 1. The molecule has 2 aromatic rings. The van der Waals surface area contributed by atoms with E-state index in [4.69, 9.17) is 0 Å². The van der Waals surface area contributed by atoms with Crippen molar-refractivity contribution in [2.75, 3.05) is 11.1 Å². The minimum atomic E-state index is -0.0337. The lowest BCUT2D eigenvalue weighted by Gasteiger charge is -2.15. The lowest BCUT2D eigenvalue weighted by atomic mass is 10.1. The quantitative estimate of drug-likeness (QED) is 0.760. The van der Waals surface area contributed by atoms with Gasteiger partial charge in [0.15, 0.2) is 5.16 Å². The van der Waals surface area contributed by atoms with Crippen molar-refractivity contribution < 1.29 is 4.79 Å². The molecule has 0 radical (unpaired) electrons. The van der Waals surface area contributed by atoms with Crippen LogP contribution in [0.3, 0.4) is 0 Å². The van der Waals surface area contributed by atoms with Gasteiger partial charge in [-0.05, 0) is 38.0 Å². The molecule has 0 saturated carbocycles. The van der Waals surface area contributed by atoms with Crippen molar-refractivity contribution in [3.8, 4) is 0 Å². The van der Waals surface area contributed by atoms with Crippen LogP contribution in [0.1, 0.15) is 58.0 Å². The number of carbonyl (C=O) groups excluding carboxylic acids is 1. The molecule has 1 heterocycles. The van der Waals surface area contributed by atoms with Gasteiger partial charge in [0.05, 0.1) is 5.75 Å². The second-order valence-corrected chi connectivity index (χ2v) is 7.29. The van der Waals surface area contributed by atoms with Gasteiger partial charge < -0.3 is 9.88 Å². The second kappa shape index (κ2) is 8.33. The molecule has 1 aromatic heterocycles. The molecule has 0 fully saturated rings. The topological polar surface area (TPSA) is 59.8 Å². The predicted octanol–water partition coefficient (Wildman–Crippen LogP) is 4.28. The molecule has 0 aliphatic carbocycles. The normalized spacial score (nSPS) is 11.3. The maximum atomic E-state index is 12.2. The van der Waals surface area contributed by atoms with Crippen LogP contribution in [0.5, 0.6) is 0 Å². The van der Waals surface area contributed by atoms with E-state index in [0.29, 0.717) is 11.7 Å². The van der Waals surface area contributed by atoms with Gasteiger partial charge in [-0.3, -0.25) is 4.79 Å². The van der Waals surface area contributed by atoms with Crippen LogP contribution in [0.4, 0.5) is 5.69 Å². The molecule has 2 rings (SSSR count). The summed E-state index contributed by atoms with van der Waals surface area (Å²) in [6.45, 7) is 10.5. The number of anilines is 1. The Kier molecular flexibility index (Phi) is 6.43. The van der Waals surface area contributed by atoms with Gasteiger partial charge in [-0.25, -0.2) is 0 Å². The predicted molar refractivity (Wildman–Crippen MR) is 99.7 cm³/mol. The highest BCUT2D eigenvalue weighted by Crippen LogP contribution is 2.25. The molecule has 0 atom stereocenters. The van der Waals surface area contributed by atoms with Gasteiger partial charge >= 0.3 is 0 Å². The Bertz CT molecular complexity index is 677. The van der Waals surface area contributed by atoms with Crippen LogP contribution in [0.15, 0.2) is 29.4 Å². The average molecular weight is 347 g/mol. The van der Waals surface area contributed by atoms with Gasteiger partial charge in [0.25, 0.3) is 0 Å². The van der Waals surface area contributed by atoms with Gasteiger partial charge in [-0.15, -0.1) is 10.2 Å². The van der Waals surface area contributed by atoms with Crippen molar-refractivity contribution in [1.29, 1.82) is 0 Å². The second-order valence-electron chi connectivity index (χ2n) is 6.35. The fourth-order valence-electron chi connectivity index (χ4n) is 2.42. The molecular formula is C18H26N4OS. The number of rotatable bonds is 7. The number of nitrogens with one attached hydrogen (secondary N) is 1. The monoisotopic (exact) mass is 346 g/mol. The highest BCUT2D eigenvalue weighted by molar-refractivity contribution is 7.99. The number of thioether (sulfide) groups is 1. The Morgan fingerprint density at radius 3 is 2.38 bits per heavy atom. The van der Waals surface area contributed by atoms with Crippen LogP contribution < -0.4 is 5.32 Å². The Hall–Kier alpha value is -1.82. The zero-order valence-corrected chi connectivity index (χ0v) is 15.9. The van der Waals surface area contributed by atoms with E-state index in [-0.39, 0.29) is 11.9 Å². The first-order chi connectivity index (χ1) is 11.4. The largest absolute Gasteiger partial charge is 0.325 e. The van der Waals surface area contributed by atoms with Crippen LogP contribution in [-0.4, -0.2) is 26.4 Å². The molecule has 1 amide bonds. The van der Waals surface area contributed by atoms with E-state index in [1.54, 1.807) is 0 Å². The molecule has 0 spiro atoms. The summed E-state index contributed by atoms with van der Waals surface area (Å²) in [6.07, 6.45) is 0.993. The fourth-order valence-corrected chi connectivity index (χ4v) is 3.29. The summed E-state index contributed by atoms with van der Waals surface area (Å²) in [7, 11) is 0. The maximum absolute atomic E-state index is 12.2. The molecule has 0 unspecified atom stereocenters. The van der Waals surface area contributed by atoms with Crippen molar-refractivity contribution in [3.63, 3.8) is 0 Å². The smallest absolute Gasteiger partial charge is 0.234 e. The average Bonchev–Trinajstić information content (AvgIpc) is 2.98. The third kappa shape index (κ3) is 4.60. The molecule has 0 saturated heterocycles. The molecule has 0 bridgehead atoms. The first kappa shape index (κ1) is 18.5. The Morgan fingerprint density at radius 2 is 1.83 bits per heavy atom. The summed E-state index contributed by atoms with van der Waals surface area (Å²) in [4.78, 5) is 12.2. The van der Waals surface area contributed by atoms with E-state index in [2.05, 4.69) is 54.7 Å². The van der Waals surface area contributed by atoms with E-state index in [1.807, 2.05) is 24.3 Å². The molecule has 0 aliphatic rings. The zero-order chi connectivity index (χ0) is 17.7. The SMILES string of the molecule is CCc1ccc(NC(=O)CSc2nnc(C(C)C)n2C(C)C)cc1. The van der Waals surface area contributed by atoms with Crippen LogP contribution in [0, 0.1) is 0 Å². The summed E-state index contributed by atoms with van der Waals surface area (Å²) >= 11 is 1.43. The lowest BCUT2D eigenvalue weighted by molar-refractivity contribution is -0.113. The molecule has 0 aliphatic heterocycles. The zero-order valence-electron chi connectivity index (χ0n) is 15.0. The number of benzene rings is 1. The number of hydrogen-bond donors (Lipinski definition) is 1. The van der Waals surface area contributed by atoms with Gasteiger partial charge in [-0.1, -0.05) is 44.7 Å². The Morgan fingerprint density at radius 1 is 1.17 bits per heavy atom. The van der Waals surface area contributed by atoms with Crippen LogP contribution >= 0.6 is 11.8 Å². The van der Waals surface area contributed by atoms with Crippen molar-refractivity contribution in [3.05, 3.63) is 35.7 Å². The molecule has 1 aromatic carbocycles. The summed E-state index contributed by atoms with van der Waals surface area (Å²) < 4.78 is 2.11. The molecular weight excluding hydrogens is 320 g/mol.